The molecule has 1 heterocycles. The molecule has 0 amide bonds. The highest BCUT2D eigenvalue weighted by Gasteiger charge is 2.02. The van der Waals surface area contributed by atoms with Crippen molar-refractivity contribution >= 4 is 17.2 Å². The Balaban J connectivity index is 2.34. The molecule has 0 spiro atoms. The van der Waals surface area contributed by atoms with Crippen LogP contribution in [0, 0.1) is 13.8 Å². The Bertz CT molecular complexity index is 506. The number of hydrogen-bond acceptors (Lipinski definition) is 3. The molecule has 0 atom stereocenters. The van der Waals surface area contributed by atoms with Gasteiger partial charge in [0.25, 0.3) is 0 Å². The number of nitrogens with two attached hydrogens (primary N) is 1. The largest absolute Gasteiger partial charge is 0.396 e. The van der Waals surface area contributed by atoms with E-state index in [0.29, 0.717) is 11.5 Å². The van der Waals surface area contributed by atoms with Gasteiger partial charge in [-0.05, 0) is 43.2 Å². The first-order chi connectivity index (χ1) is 7.66. The molecule has 1 aromatic heterocycles. The monoisotopic (exact) mass is 213 g/mol. The van der Waals surface area contributed by atoms with Crippen LogP contribution in [0.1, 0.15) is 11.1 Å². The highest BCUT2D eigenvalue weighted by molar-refractivity contribution is 5.70. The van der Waals surface area contributed by atoms with Gasteiger partial charge in [0, 0.05) is 11.9 Å². The normalized spacial score (nSPS) is 10.1. The van der Waals surface area contributed by atoms with Crippen LogP contribution in [0.25, 0.3) is 0 Å². The number of nitrogens with one attached hydrogen (secondary N) is 1. The summed E-state index contributed by atoms with van der Waals surface area (Å²) in [6.07, 6.45) is 1.73. The summed E-state index contributed by atoms with van der Waals surface area (Å²) in [6.45, 7) is 4.12. The predicted octanol–water partition coefficient (Wildman–Crippen LogP) is 3.02. The first kappa shape index (κ1) is 10.5. The van der Waals surface area contributed by atoms with E-state index < -0.39 is 0 Å². The number of pyridine rings is 1. The molecule has 2 aromatic rings. The highest BCUT2D eigenvalue weighted by Crippen LogP contribution is 2.23. The minimum absolute atomic E-state index is 0.656. The SMILES string of the molecule is Cc1ccc(C)c(Nc2ncccc2N)c1. The van der Waals surface area contributed by atoms with Crippen LogP contribution in [0.2, 0.25) is 0 Å². The molecule has 0 aliphatic heterocycles. The quantitative estimate of drug-likeness (QED) is 0.806. The van der Waals surface area contributed by atoms with Gasteiger partial charge >= 0.3 is 0 Å². The van der Waals surface area contributed by atoms with Crippen molar-refractivity contribution in [2.24, 2.45) is 0 Å². The molecular formula is C13H15N3. The molecule has 16 heavy (non-hydrogen) atoms. The Hall–Kier alpha value is -2.03. The number of aromatic nitrogens is 1. The van der Waals surface area contributed by atoms with E-state index in [1.54, 1.807) is 6.20 Å². The second-order valence-corrected chi connectivity index (χ2v) is 3.88. The van der Waals surface area contributed by atoms with E-state index in [1.165, 1.54) is 11.1 Å². The number of nitrogens with zero attached hydrogens (tertiary/aromatic N) is 1. The fourth-order valence-electron chi connectivity index (χ4n) is 1.52. The molecule has 3 heteroatoms. The third kappa shape index (κ3) is 2.14. The van der Waals surface area contributed by atoms with Crippen LogP contribution < -0.4 is 11.1 Å². The number of hydrogen-bond donors (Lipinski definition) is 2. The molecule has 82 valence electrons. The molecule has 0 fully saturated rings. The molecule has 0 radical (unpaired) electrons. The molecule has 0 unspecified atom stereocenters. The van der Waals surface area contributed by atoms with Gasteiger partial charge < -0.3 is 11.1 Å². The lowest BCUT2D eigenvalue weighted by atomic mass is 10.1. The molecule has 1 aromatic carbocycles. The van der Waals surface area contributed by atoms with Gasteiger partial charge in [0.15, 0.2) is 5.82 Å². The lowest BCUT2D eigenvalue weighted by Gasteiger charge is -2.11. The van der Waals surface area contributed by atoms with Gasteiger partial charge in [0.05, 0.1) is 5.69 Å². The summed E-state index contributed by atoms with van der Waals surface area (Å²) in [5.74, 6) is 0.705. The van der Waals surface area contributed by atoms with Gasteiger partial charge in [0.2, 0.25) is 0 Å². The summed E-state index contributed by atoms with van der Waals surface area (Å²) >= 11 is 0. The number of benzene rings is 1. The lowest BCUT2D eigenvalue weighted by molar-refractivity contribution is 1.29. The average Bonchev–Trinajstić information content (AvgIpc) is 2.27. The number of anilines is 3. The maximum Gasteiger partial charge on any atom is 0.153 e. The fraction of sp³-hybridized carbons (Fsp3) is 0.154. The summed E-state index contributed by atoms with van der Waals surface area (Å²) in [6, 6.07) is 9.91. The predicted molar refractivity (Wildman–Crippen MR) is 67.8 cm³/mol. The van der Waals surface area contributed by atoms with Crippen LogP contribution in [-0.4, -0.2) is 4.98 Å². The zero-order valence-corrected chi connectivity index (χ0v) is 9.49. The maximum absolute atomic E-state index is 5.83. The van der Waals surface area contributed by atoms with Crippen molar-refractivity contribution in [1.29, 1.82) is 0 Å². The third-order valence-corrected chi connectivity index (χ3v) is 2.49. The van der Waals surface area contributed by atoms with Crippen LogP contribution in [0.3, 0.4) is 0 Å². The van der Waals surface area contributed by atoms with E-state index in [0.717, 1.165) is 5.69 Å². The van der Waals surface area contributed by atoms with Crippen LogP contribution in [0.5, 0.6) is 0 Å². The first-order valence-electron chi connectivity index (χ1n) is 5.21. The topological polar surface area (TPSA) is 50.9 Å². The van der Waals surface area contributed by atoms with Crippen molar-refractivity contribution in [3.63, 3.8) is 0 Å². The van der Waals surface area contributed by atoms with Crippen molar-refractivity contribution in [3.8, 4) is 0 Å². The van der Waals surface area contributed by atoms with Crippen molar-refractivity contribution in [3.05, 3.63) is 47.7 Å². The van der Waals surface area contributed by atoms with Crippen LogP contribution in [0.4, 0.5) is 17.2 Å². The Labute approximate surface area is 95.3 Å². The van der Waals surface area contributed by atoms with Crippen LogP contribution in [-0.2, 0) is 0 Å². The summed E-state index contributed by atoms with van der Waals surface area (Å²) in [5.41, 5.74) is 9.92. The third-order valence-electron chi connectivity index (χ3n) is 2.49. The van der Waals surface area contributed by atoms with Crippen molar-refractivity contribution in [1.82, 2.24) is 4.98 Å². The van der Waals surface area contributed by atoms with Gasteiger partial charge in [-0.2, -0.15) is 0 Å². The van der Waals surface area contributed by atoms with E-state index in [1.807, 2.05) is 12.1 Å². The summed E-state index contributed by atoms with van der Waals surface area (Å²) in [4.78, 5) is 4.21. The molecule has 2 rings (SSSR count). The second-order valence-electron chi connectivity index (χ2n) is 3.88. The molecule has 0 saturated carbocycles. The van der Waals surface area contributed by atoms with E-state index >= 15 is 0 Å². The van der Waals surface area contributed by atoms with Gasteiger partial charge in [0.1, 0.15) is 0 Å². The lowest BCUT2D eigenvalue weighted by Crippen LogP contribution is -2.00. The molecule has 0 saturated heterocycles. The van der Waals surface area contributed by atoms with Gasteiger partial charge in [-0.15, -0.1) is 0 Å². The summed E-state index contributed by atoms with van der Waals surface area (Å²) < 4.78 is 0. The van der Waals surface area contributed by atoms with E-state index in [-0.39, 0.29) is 0 Å². The van der Waals surface area contributed by atoms with Gasteiger partial charge in [-0.25, -0.2) is 4.98 Å². The van der Waals surface area contributed by atoms with E-state index in [4.69, 9.17) is 5.73 Å². The molecule has 3 nitrogen and oxygen atoms in total. The molecule has 3 N–H and O–H groups in total. The minimum atomic E-state index is 0.656. The zero-order valence-electron chi connectivity index (χ0n) is 9.49. The Morgan fingerprint density at radius 2 is 2.00 bits per heavy atom. The van der Waals surface area contributed by atoms with E-state index in [2.05, 4.69) is 42.3 Å². The zero-order chi connectivity index (χ0) is 11.5. The Morgan fingerprint density at radius 1 is 1.19 bits per heavy atom. The average molecular weight is 213 g/mol. The Kier molecular flexibility index (Phi) is 2.77. The smallest absolute Gasteiger partial charge is 0.153 e. The van der Waals surface area contributed by atoms with Crippen LogP contribution >= 0.6 is 0 Å². The number of nitrogen functional groups attached to an aromatic ring is 1. The first-order valence-corrected chi connectivity index (χ1v) is 5.21. The van der Waals surface area contributed by atoms with Crippen LogP contribution in [0.15, 0.2) is 36.5 Å². The van der Waals surface area contributed by atoms with Gasteiger partial charge in [-0.1, -0.05) is 12.1 Å². The maximum atomic E-state index is 5.83. The van der Waals surface area contributed by atoms with Crippen molar-refractivity contribution in [2.45, 2.75) is 13.8 Å². The molecule has 0 aliphatic rings. The fourth-order valence-corrected chi connectivity index (χ4v) is 1.52. The summed E-state index contributed by atoms with van der Waals surface area (Å²) in [7, 11) is 0. The van der Waals surface area contributed by atoms with E-state index in [9.17, 15) is 0 Å². The van der Waals surface area contributed by atoms with Crippen molar-refractivity contribution in [2.75, 3.05) is 11.1 Å². The highest BCUT2D eigenvalue weighted by atomic mass is 15.0. The second kappa shape index (κ2) is 4.23. The number of aryl methyl sites for hydroxylation is 2. The summed E-state index contributed by atoms with van der Waals surface area (Å²) in [5, 5.41) is 3.25. The Morgan fingerprint density at radius 3 is 2.75 bits per heavy atom. The minimum Gasteiger partial charge on any atom is -0.396 e. The molecule has 0 aliphatic carbocycles. The van der Waals surface area contributed by atoms with Crippen molar-refractivity contribution < 1.29 is 0 Å². The molecular weight excluding hydrogens is 198 g/mol. The van der Waals surface area contributed by atoms with Gasteiger partial charge in [-0.3, -0.25) is 0 Å². The standard InChI is InChI=1S/C13H15N3/c1-9-5-6-10(2)12(8-9)16-13-11(14)4-3-7-15-13/h3-8H,14H2,1-2H3,(H,15,16). The number of rotatable bonds is 2. The molecule has 0 bridgehead atoms.